The number of aliphatic hydroxyl groups is 1. The van der Waals surface area contributed by atoms with Gasteiger partial charge in [0.15, 0.2) is 0 Å². The Bertz CT molecular complexity index is 374. The Morgan fingerprint density at radius 2 is 2.17 bits per heavy atom. The highest BCUT2D eigenvalue weighted by Crippen LogP contribution is 2.02. The number of hydrogen-bond acceptors (Lipinski definition) is 3. The van der Waals surface area contributed by atoms with Crippen molar-refractivity contribution in [3.8, 4) is 0 Å². The number of carbonyl (C=O) groups excluding carboxylic acids is 1. The summed E-state index contributed by atoms with van der Waals surface area (Å²) >= 11 is 0. The monoisotopic (exact) mass is 256 g/mol. The summed E-state index contributed by atoms with van der Waals surface area (Å²) < 4.78 is 17.8. The Kier molecular flexibility index (Phi) is 6.75. The number of ether oxygens (including phenoxy) is 1. The van der Waals surface area contributed by atoms with Gasteiger partial charge in [0.2, 0.25) is 0 Å². The molecule has 2 amide bonds. The molecular weight excluding hydrogens is 239 g/mol. The quantitative estimate of drug-likeness (QED) is 0.627. The number of amides is 2. The van der Waals surface area contributed by atoms with Crippen LogP contribution in [0.25, 0.3) is 0 Å². The molecule has 3 N–H and O–H groups in total. The molecule has 0 heterocycles. The fraction of sp³-hybridized carbons (Fsp3) is 0.417. The van der Waals surface area contributed by atoms with E-state index in [0.717, 1.165) is 0 Å². The second-order valence-corrected chi connectivity index (χ2v) is 3.58. The predicted molar refractivity (Wildman–Crippen MR) is 64.5 cm³/mol. The van der Waals surface area contributed by atoms with E-state index in [2.05, 4.69) is 10.6 Å². The van der Waals surface area contributed by atoms with Crippen molar-refractivity contribution in [2.24, 2.45) is 0 Å². The minimum absolute atomic E-state index is 0.0359. The van der Waals surface area contributed by atoms with E-state index in [9.17, 15) is 9.18 Å². The molecule has 0 bridgehead atoms. The number of nitrogens with one attached hydrogen (secondary N) is 2. The van der Waals surface area contributed by atoms with E-state index in [-0.39, 0.29) is 31.6 Å². The van der Waals surface area contributed by atoms with Crippen LogP contribution in [0.15, 0.2) is 24.3 Å². The van der Waals surface area contributed by atoms with Gasteiger partial charge in [0.25, 0.3) is 0 Å². The van der Waals surface area contributed by atoms with Gasteiger partial charge in [0, 0.05) is 13.1 Å². The standard InChI is InChI=1S/C12H17FN2O3/c13-11-3-1-2-10(8-11)9-15-12(17)14-4-6-18-7-5-16/h1-3,8,16H,4-7,9H2,(H2,14,15,17). The fourth-order valence-electron chi connectivity index (χ4n) is 1.30. The van der Waals surface area contributed by atoms with Crippen molar-refractivity contribution >= 4 is 6.03 Å². The normalized spacial score (nSPS) is 10.1. The summed E-state index contributed by atoms with van der Waals surface area (Å²) in [5.41, 5.74) is 0.696. The van der Waals surface area contributed by atoms with Crippen molar-refractivity contribution in [1.29, 1.82) is 0 Å². The number of halogens is 1. The van der Waals surface area contributed by atoms with Gasteiger partial charge in [-0.15, -0.1) is 0 Å². The molecule has 0 aliphatic rings. The smallest absolute Gasteiger partial charge is 0.315 e. The zero-order valence-electron chi connectivity index (χ0n) is 9.99. The van der Waals surface area contributed by atoms with E-state index in [1.807, 2.05) is 0 Å². The fourth-order valence-corrected chi connectivity index (χ4v) is 1.30. The predicted octanol–water partition coefficient (Wildman–Crippen LogP) is 0.634. The molecule has 100 valence electrons. The van der Waals surface area contributed by atoms with Crippen molar-refractivity contribution < 1.29 is 19.0 Å². The second-order valence-electron chi connectivity index (χ2n) is 3.58. The van der Waals surface area contributed by atoms with Gasteiger partial charge in [-0.05, 0) is 17.7 Å². The Balaban J connectivity index is 2.13. The molecule has 1 rings (SSSR count). The van der Waals surface area contributed by atoms with Crippen LogP contribution in [0.5, 0.6) is 0 Å². The van der Waals surface area contributed by atoms with Gasteiger partial charge in [-0.3, -0.25) is 0 Å². The summed E-state index contributed by atoms with van der Waals surface area (Å²) in [6.07, 6.45) is 0. The van der Waals surface area contributed by atoms with E-state index in [1.165, 1.54) is 12.1 Å². The molecule has 0 saturated heterocycles. The summed E-state index contributed by atoms with van der Waals surface area (Å²) in [5.74, 6) is -0.327. The zero-order chi connectivity index (χ0) is 13.2. The number of hydrogen-bond donors (Lipinski definition) is 3. The maximum Gasteiger partial charge on any atom is 0.315 e. The molecule has 0 spiro atoms. The second kappa shape index (κ2) is 8.43. The van der Waals surface area contributed by atoms with Crippen LogP contribution in [0.2, 0.25) is 0 Å². The molecule has 6 heteroatoms. The first-order valence-corrected chi connectivity index (χ1v) is 5.67. The summed E-state index contributed by atoms with van der Waals surface area (Å²) in [5, 5.41) is 13.6. The first-order chi connectivity index (χ1) is 8.72. The maximum atomic E-state index is 12.8. The highest BCUT2D eigenvalue weighted by molar-refractivity contribution is 5.73. The molecule has 0 radical (unpaired) electrons. The number of benzene rings is 1. The van der Waals surface area contributed by atoms with Crippen LogP contribution in [-0.4, -0.2) is 37.5 Å². The highest BCUT2D eigenvalue weighted by Gasteiger charge is 2.00. The molecule has 5 nitrogen and oxygen atoms in total. The average molecular weight is 256 g/mol. The van der Waals surface area contributed by atoms with Crippen LogP contribution < -0.4 is 10.6 Å². The molecule has 0 aliphatic carbocycles. The van der Waals surface area contributed by atoms with Gasteiger partial charge >= 0.3 is 6.03 Å². The Hall–Kier alpha value is -1.66. The van der Waals surface area contributed by atoms with Crippen LogP contribution in [0.1, 0.15) is 5.56 Å². The molecule has 0 aromatic heterocycles. The zero-order valence-corrected chi connectivity index (χ0v) is 9.99. The lowest BCUT2D eigenvalue weighted by Gasteiger charge is -2.08. The lowest BCUT2D eigenvalue weighted by atomic mass is 10.2. The topological polar surface area (TPSA) is 70.6 Å². The van der Waals surface area contributed by atoms with Crippen molar-refractivity contribution in [3.05, 3.63) is 35.6 Å². The molecule has 0 unspecified atom stereocenters. The summed E-state index contributed by atoms with van der Waals surface area (Å²) in [4.78, 5) is 11.3. The van der Waals surface area contributed by atoms with Crippen molar-refractivity contribution in [3.63, 3.8) is 0 Å². The maximum absolute atomic E-state index is 12.8. The van der Waals surface area contributed by atoms with Crippen molar-refractivity contribution in [1.82, 2.24) is 10.6 Å². The molecule has 0 aliphatic heterocycles. The van der Waals surface area contributed by atoms with Gasteiger partial charge < -0.3 is 20.5 Å². The van der Waals surface area contributed by atoms with Crippen LogP contribution >= 0.6 is 0 Å². The number of rotatable bonds is 7. The van der Waals surface area contributed by atoms with Crippen LogP contribution in [-0.2, 0) is 11.3 Å². The lowest BCUT2D eigenvalue weighted by molar-refractivity contribution is 0.0947. The summed E-state index contributed by atoms with van der Waals surface area (Å²) in [6, 6.07) is 5.69. The summed E-state index contributed by atoms with van der Waals surface area (Å²) in [7, 11) is 0. The number of urea groups is 1. The molecule has 1 aromatic carbocycles. The summed E-state index contributed by atoms with van der Waals surface area (Å²) in [6.45, 7) is 1.18. The Morgan fingerprint density at radius 1 is 1.33 bits per heavy atom. The van der Waals surface area contributed by atoms with E-state index < -0.39 is 0 Å². The van der Waals surface area contributed by atoms with Gasteiger partial charge in [-0.25, -0.2) is 9.18 Å². The first kappa shape index (κ1) is 14.4. The van der Waals surface area contributed by atoms with E-state index in [1.54, 1.807) is 12.1 Å². The molecule has 0 saturated carbocycles. The van der Waals surface area contributed by atoms with Crippen molar-refractivity contribution in [2.75, 3.05) is 26.4 Å². The largest absolute Gasteiger partial charge is 0.394 e. The van der Waals surface area contributed by atoms with Crippen LogP contribution in [0, 0.1) is 5.82 Å². The van der Waals surface area contributed by atoms with Gasteiger partial charge in [0.05, 0.1) is 19.8 Å². The third-order valence-electron chi connectivity index (χ3n) is 2.11. The Labute approximate surface area is 105 Å². The van der Waals surface area contributed by atoms with E-state index in [0.29, 0.717) is 18.7 Å². The number of aliphatic hydroxyl groups excluding tert-OH is 1. The molecule has 1 aromatic rings. The first-order valence-electron chi connectivity index (χ1n) is 5.67. The third kappa shape index (κ3) is 6.17. The van der Waals surface area contributed by atoms with Gasteiger partial charge in [0.1, 0.15) is 5.82 Å². The van der Waals surface area contributed by atoms with E-state index >= 15 is 0 Å². The van der Waals surface area contributed by atoms with Gasteiger partial charge in [-0.1, -0.05) is 12.1 Å². The molecule has 0 atom stereocenters. The average Bonchev–Trinajstić information content (AvgIpc) is 2.36. The van der Waals surface area contributed by atoms with E-state index in [4.69, 9.17) is 9.84 Å². The molecule has 0 fully saturated rings. The lowest BCUT2D eigenvalue weighted by Crippen LogP contribution is -2.37. The Morgan fingerprint density at radius 3 is 2.89 bits per heavy atom. The highest BCUT2D eigenvalue weighted by atomic mass is 19.1. The van der Waals surface area contributed by atoms with Crippen LogP contribution in [0.3, 0.4) is 0 Å². The third-order valence-corrected chi connectivity index (χ3v) is 2.11. The SMILES string of the molecule is O=C(NCCOCCO)NCc1cccc(F)c1. The minimum atomic E-state index is -0.341. The minimum Gasteiger partial charge on any atom is -0.394 e. The molecular formula is C12H17FN2O3. The molecule has 18 heavy (non-hydrogen) atoms. The van der Waals surface area contributed by atoms with Crippen LogP contribution in [0.4, 0.5) is 9.18 Å². The number of carbonyl (C=O) groups is 1. The van der Waals surface area contributed by atoms with Gasteiger partial charge in [-0.2, -0.15) is 0 Å². The van der Waals surface area contributed by atoms with Crippen molar-refractivity contribution in [2.45, 2.75) is 6.54 Å².